The second-order valence-electron chi connectivity index (χ2n) is 5.03. The summed E-state index contributed by atoms with van der Waals surface area (Å²) in [6, 6.07) is 7.77. The van der Waals surface area contributed by atoms with Crippen molar-refractivity contribution in [2.24, 2.45) is 0 Å². The van der Waals surface area contributed by atoms with Gasteiger partial charge in [0.25, 0.3) is 0 Å². The van der Waals surface area contributed by atoms with Crippen LogP contribution in [0.4, 0.5) is 5.69 Å². The van der Waals surface area contributed by atoms with Gasteiger partial charge in [0.05, 0.1) is 5.92 Å². The molecule has 3 heteroatoms. The minimum Gasteiger partial charge on any atom is -0.481 e. The standard InChI is InChI=1S/C13H17NO2/c1-13(2)8-10(12(15)16)9-6-4-5-7-11(9)14(13)3/h4-7,10H,8H2,1-3H3,(H,15,16). The molecule has 0 radical (unpaired) electrons. The van der Waals surface area contributed by atoms with Gasteiger partial charge in [0.1, 0.15) is 0 Å². The van der Waals surface area contributed by atoms with Gasteiger partial charge in [-0.2, -0.15) is 0 Å². The predicted molar refractivity (Wildman–Crippen MR) is 63.9 cm³/mol. The van der Waals surface area contributed by atoms with Crippen molar-refractivity contribution in [2.75, 3.05) is 11.9 Å². The molecular weight excluding hydrogens is 202 g/mol. The number of nitrogens with zero attached hydrogens (tertiary/aromatic N) is 1. The highest BCUT2D eigenvalue weighted by molar-refractivity contribution is 5.81. The van der Waals surface area contributed by atoms with Crippen LogP contribution in [0.1, 0.15) is 31.7 Å². The second-order valence-corrected chi connectivity index (χ2v) is 5.03. The number of rotatable bonds is 1. The topological polar surface area (TPSA) is 40.5 Å². The predicted octanol–water partition coefficient (Wildman–Crippen LogP) is 2.47. The van der Waals surface area contributed by atoms with Crippen molar-refractivity contribution in [3.8, 4) is 0 Å². The van der Waals surface area contributed by atoms with Gasteiger partial charge >= 0.3 is 5.97 Å². The Balaban J connectivity index is 2.55. The van der Waals surface area contributed by atoms with Crippen molar-refractivity contribution >= 4 is 11.7 Å². The third kappa shape index (κ3) is 1.56. The molecule has 1 aliphatic heterocycles. The molecule has 0 amide bonds. The van der Waals surface area contributed by atoms with Crippen LogP contribution < -0.4 is 4.90 Å². The maximum Gasteiger partial charge on any atom is 0.311 e. The maximum absolute atomic E-state index is 11.3. The summed E-state index contributed by atoms with van der Waals surface area (Å²) < 4.78 is 0. The van der Waals surface area contributed by atoms with Gasteiger partial charge in [-0.05, 0) is 31.9 Å². The van der Waals surface area contributed by atoms with E-state index in [0.717, 1.165) is 11.3 Å². The van der Waals surface area contributed by atoms with Gasteiger partial charge in [-0.25, -0.2) is 0 Å². The molecule has 0 saturated carbocycles. The zero-order chi connectivity index (χ0) is 11.9. The Morgan fingerprint density at radius 2 is 2.06 bits per heavy atom. The van der Waals surface area contributed by atoms with Gasteiger partial charge in [-0.3, -0.25) is 4.79 Å². The first-order valence-electron chi connectivity index (χ1n) is 5.49. The van der Waals surface area contributed by atoms with Crippen LogP contribution >= 0.6 is 0 Å². The van der Waals surface area contributed by atoms with E-state index in [-0.39, 0.29) is 11.5 Å². The highest BCUT2D eigenvalue weighted by Gasteiger charge is 2.38. The van der Waals surface area contributed by atoms with E-state index in [0.29, 0.717) is 6.42 Å². The van der Waals surface area contributed by atoms with E-state index < -0.39 is 5.97 Å². The molecule has 16 heavy (non-hydrogen) atoms. The zero-order valence-electron chi connectivity index (χ0n) is 9.90. The molecule has 1 N–H and O–H groups in total. The molecule has 0 fully saturated rings. The van der Waals surface area contributed by atoms with E-state index >= 15 is 0 Å². The molecule has 1 aromatic rings. The maximum atomic E-state index is 11.3. The molecule has 86 valence electrons. The van der Waals surface area contributed by atoms with Crippen molar-refractivity contribution in [2.45, 2.75) is 31.7 Å². The Hall–Kier alpha value is -1.51. The van der Waals surface area contributed by atoms with Crippen molar-refractivity contribution in [3.63, 3.8) is 0 Å². The Bertz CT molecular complexity index is 426. The molecular formula is C13H17NO2. The quantitative estimate of drug-likeness (QED) is 0.788. The summed E-state index contributed by atoms with van der Waals surface area (Å²) in [6.45, 7) is 4.16. The molecule has 0 aliphatic carbocycles. The zero-order valence-corrected chi connectivity index (χ0v) is 9.90. The summed E-state index contributed by atoms with van der Waals surface area (Å²) in [7, 11) is 2.02. The lowest BCUT2D eigenvalue weighted by molar-refractivity contribution is -0.139. The first-order chi connectivity index (χ1) is 7.43. The number of carbonyl (C=O) groups is 1. The molecule has 0 bridgehead atoms. The molecule has 3 nitrogen and oxygen atoms in total. The number of hydrogen-bond acceptors (Lipinski definition) is 2. The average Bonchev–Trinajstić information content (AvgIpc) is 2.23. The third-order valence-corrected chi connectivity index (χ3v) is 3.58. The number of anilines is 1. The largest absolute Gasteiger partial charge is 0.481 e. The number of fused-ring (bicyclic) bond motifs is 1. The molecule has 1 aromatic carbocycles. The Labute approximate surface area is 95.7 Å². The van der Waals surface area contributed by atoms with Gasteiger partial charge in [-0.15, -0.1) is 0 Å². The molecule has 1 aliphatic rings. The fraction of sp³-hybridized carbons (Fsp3) is 0.462. The Morgan fingerprint density at radius 1 is 1.44 bits per heavy atom. The summed E-state index contributed by atoms with van der Waals surface area (Å²) in [5.74, 6) is -1.11. The van der Waals surface area contributed by atoms with E-state index in [1.54, 1.807) is 0 Å². The molecule has 0 saturated heterocycles. The number of hydrogen-bond donors (Lipinski definition) is 1. The van der Waals surface area contributed by atoms with Crippen molar-refractivity contribution in [1.82, 2.24) is 0 Å². The highest BCUT2D eigenvalue weighted by atomic mass is 16.4. The minimum atomic E-state index is -0.728. The van der Waals surface area contributed by atoms with E-state index in [9.17, 15) is 9.90 Å². The van der Waals surface area contributed by atoms with Crippen LogP contribution in [0, 0.1) is 0 Å². The lowest BCUT2D eigenvalue weighted by Crippen LogP contribution is -2.47. The third-order valence-electron chi connectivity index (χ3n) is 3.58. The van der Waals surface area contributed by atoms with Crippen LogP contribution in [0.5, 0.6) is 0 Å². The van der Waals surface area contributed by atoms with Crippen LogP contribution in [-0.4, -0.2) is 23.7 Å². The SMILES string of the molecule is CN1c2ccccc2C(C(=O)O)CC1(C)C. The van der Waals surface area contributed by atoms with Gasteiger partial charge < -0.3 is 10.0 Å². The van der Waals surface area contributed by atoms with E-state index in [1.807, 2.05) is 31.3 Å². The van der Waals surface area contributed by atoms with Crippen molar-refractivity contribution in [3.05, 3.63) is 29.8 Å². The first-order valence-corrected chi connectivity index (χ1v) is 5.49. The number of carboxylic acids is 1. The summed E-state index contributed by atoms with van der Waals surface area (Å²) >= 11 is 0. The summed E-state index contributed by atoms with van der Waals surface area (Å²) in [5.41, 5.74) is 1.85. The number of benzene rings is 1. The first kappa shape index (κ1) is 11.0. The van der Waals surface area contributed by atoms with Crippen LogP contribution in [0.25, 0.3) is 0 Å². The minimum absolute atomic E-state index is 0.114. The van der Waals surface area contributed by atoms with Crippen LogP contribution in [0.15, 0.2) is 24.3 Å². The van der Waals surface area contributed by atoms with E-state index in [2.05, 4.69) is 18.7 Å². The smallest absolute Gasteiger partial charge is 0.311 e. The molecule has 1 unspecified atom stereocenters. The molecule has 0 spiro atoms. The van der Waals surface area contributed by atoms with Gasteiger partial charge in [0.2, 0.25) is 0 Å². The van der Waals surface area contributed by atoms with Gasteiger partial charge in [0, 0.05) is 18.3 Å². The summed E-state index contributed by atoms with van der Waals surface area (Å²) in [5, 5.41) is 9.28. The number of carboxylic acid groups (broad SMARTS) is 1. The fourth-order valence-corrected chi connectivity index (χ4v) is 2.38. The normalized spacial score (nSPS) is 22.7. The molecule has 0 aromatic heterocycles. The van der Waals surface area contributed by atoms with Crippen molar-refractivity contribution in [1.29, 1.82) is 0 Å². The number of aliphatic carboxylic acids is 1. The highest BCUT2D eigenvalue weighted by Crippen LogP contribution is 2.42. The van der Waals surface area contributed by atoms with E-state index in [4.69, 9.17) is 0 Å². The van der Waals surface area contributed by atoms with Crippen LogP contribution in [-0.2, 0) is 4.79 Å². The van der Waals surface area contributed by atoms with Crippen LogP contribution in [0.3, 0.4) is 0 Å². The van der Waals surface area contributed by atoms with Gasteiger partial charge in [0.15, 0.2) is 0 Å². The Morgan fingerprint density at radius 3 is 2.69 bits per heavy atom. The lowest BCUT2D eigenvalue weighted by Gasteiger charge is -2.45. The molecule has 1 heterocycles. The van der Waals surface area contributed by atoms with Gasteiger partial charge in [-0.1, -0.05) is 18.2 Å². The average molecular weight is 219 g/mol. The fourth-order valence-electron chi connectivity index (χ4n) is 2.38. The molecule has 2 rings (SSSR count). The molecule has 1 atom stereocenters. The van der Waals surface area contributed by atoms with Crippen LogP contribution in [0.2, 0.25) is 0 Å². The lowest BCUT2D eigenvalue weighted by atomic mass is 9.79. The summed E-state index contributed by atoms with van der Waals surface area (Å²) in [4.78, 5) is 13.5. The monoisotopic (exact) mass is 219 g/mol. The Kier molecular flexibility index (Phi) is 2.41. The number of para-hydroxylation sites is 1. The summed E-state index contributed by atoms with van der Waals surface area (Å²) in [6.07, 6.45) is 0.649. The second kappa shape index (κ2) is 3.51. The van der Waals surface area contributed by atoms with E-state index in [1.165, 1.54) is 0 Å². The van der Waals surface area contributed by atoms with Crippen molar-refractivity contribution < 1.29 is 9.90 Å².